The number of aromatic hydroxyl groups is 1. The lowest BCUT2D eigenvalue weighted by atomic mass is 9.91. The number of phenols is 1. The molecule has 3 aliphatic rings. The lowest BCUT2D eigenvalue weighted by Crippen LogP contribution is -2.58. The molecule has 0 saturated carbocycles. The van der Waals surface area contributed by atoms with Gasteiger partial charge in [-0.3, -0.25) is 9.59 Å². The van der Waals surface area contributed by atoms with Gasteiger partial charge in [0.05, 0.1) is 45.7 Å². The van der Waals surface area contributed by atoms with Crippen LogP contribution in [0.2, 0.25) is 18.1 Å². The number of para-hydroxylation sites is 1. The van der Waals surface area contributed by atoms with Crippen molar-refractivity contribution in [1.82, 2.24) is 35.5 Å². The number of nitrogens with one attached hydrogen (secondary N) is 2. The van der Waals surface area contributed by atoms with E-state index in [2.05, 4.69) is 91.8 Å². The molecule has 2 amide bonds. The van der Waals surface area contributed by atoms with Crippen LogP contribution in [0.3, 0.4) is 0 Å². The fraction of sp³-hybridized carbons (Fsp3) is 0.442. The van der Waals surface area contributed by atoms with Gasteiger partial charge in [0, 0.05) is 68.7 Å². The smallest absolute Gasteiger partial charge is 0.243 e. The number of rotatable bonds is 14. The van der Waals surface area contributed by atoms with E-state index in [-0.39, 0.29) is 53.3 Å². The van der Waals surface area contributed by atoms with Crippen LogP contribution >= 0.6 is 11.3 Å². The fourth-order valence-electron chi connectivity index (χ4n) is 9.49. The molecule has 3 aliphatic heterocycles. The highest BCUT2D eigenvalue weighted by molar-refractivity contribution is 7.13. The molecule has 0 aliphatic carbocycles. The van der Waals surface area contributed by atoms with Crippen molar-refractivity contribution in [2.24, 2.45) is 5.92 Å². The fourth-order valence-corrected chi connectivity index (χ4v) is 11.7. The Balaban J connectivity index is 0.860. The Hall–Kier alpha value is -6.37. The number of piperazine rings is 1. The minimum atomic E-state index is -2.25. The second-order valence-corrected chi connectivity index (χ2v) is 26.2. The van der Waals surface area contributed by atoms with Gasteiger partial charge in [-0.15, -0.1) is 21.5 Å². The third-order valence-electron chi connectivity index (χ3n) is 14.4. The molecule has 9 rings (SSSR count). The zero-order chi connectivity index (χ0) is 49.5. The molecule has 0 radical (unpaired) electrons. The molecule has 2 fully saturated rings. The number of carbonyl (C=O) groups is 2. The number of likely N-dealkylation sites (tertiary alicyclic amines) is 1. The highest BCUT2D eigenvalue weighted by Crippen LogP contribution is 2.41. The number of pyridine rings is 1. The van der Waals surface area contributed by atoms with E-state index in [1.807, 2.05) is 75.7 Å². The second kappa shape index (κ2) is 19.8. The number of carbonyl (C=O) groups excluding carboxylic acids is 2. The van der Waals surface area contributed by atoms with Crippen molar-refractivity contribution in [2.75, 3.05) is 47.8 Å². The third kappa shape index (κ3) is 10.1. The van der Waals surface area contributed by atoms with E-state index < -0.39 is 20.3 Å². The van der Waals surface area contributed by atoms with Gasteiger partial charge in [0.1, 0.15) is 35.8 Å². The van der Waals surface area contributed by atoms with Crippen molar-refractivity contribution < 1.29 is 28.4 Å². The summed E-state index contributed by atoms with van der Waals surface area (Å²) in [4.78, 5) is 45.7. The lowest BCUT2D eigenvalue weighted by Gasteiger charge is -2.46. The van der Waals surface area contributed by atoms with Crippen LogP contribution < -0.4 is 25.2 Å². The van der Waals surface area contributed by atoms with Gasteiger partial charge in [0.2, 0.25) is 17.7 Å². The summed E-state index contributed by atoms with van der Waals surface area (Å²) >= 11 is 1.61. The van der Waals surface area contributed by atoms with Crippen LogP contribution in [0, 0.1) is 12.8 Å². The molecule has 4 aromatic heterocycles. The number of amides is 2. The number of thiazole rings is 1. The predicted octanol–water partition coefficient (Wildman–Crippen LogP) is 8.97. The van der Waals surface area contributed by atoms with Gasteiger partial charge in [0.25, 0.3) is 0 Å². The number of nitrogens with zero attached hydrogens (tertiary/aromatic N) is 8. The molecular weight excluding hydrogens is 921 g/mol. The quantitative estimate of drug-likeness (QED) is 0.0879. The molecule has 2 unspecified atom stereocenters. The number of phenolic OH excluding ortho intramolecular Hbond substituents is 1. The van der Waals surface area contributed by atoms with Crippen LogP contribution in [0.25, 0.3) is 21.7 Å². The number of anilines is 3. The van der Waals surface area contributed by atoms with Crippen molar-refractivity contribution >= 4 is 48.7 Å². The minimum absolute atomic E-state index is 0.0517. The van der Waals surface area contributed by atoms with Gasteiger partial charge < -0.3 is 44.1 Å². The van der Waals surface area contributed by atoms with Crippen LogP contribution in [0.15, 0.2) is 89.0 Å². The number of ether oxygens (including phenoxy) is 1. The molecule has 2 saturated heterocycles. The van der Waals surface area contributed by atoms with E-state index in [4.69, 9.17) is 13.7 Å². The highest BCUT2D eigenvalue weighted by atomic mass is 32.1. The Bertz CT molecular complexity index is 2830. The zero-order valence-corrected chi connectivity index (χ0v) is 43.3. The van der Waals surface area contributed by atoms with Crippen LogP contribution in [-0.2, 0) is 20.6 Å². The number of aromatic nitrogens is 5. The van der Waals surface area contributed by atoms with Gasteiger partial charge in [-0.1, -0.05) is 76.2 Å². The van der Waals surface area contributed by atoms with Crippen LogP contribution in [0.1, 0.15) is 82.6 Å². The summed E-state index contributed by atoms with van der Waals surface area (Å²) in [6.45, 7) is 22.3. The van der Waals surface area contributed by atoms with Gasteiger partial charge in [0.15, 0.2) is 14.1 Å². The van der Waals surface area contributed by atoms with E-state index >= 15 is 0 Å². The summed E-state index contributed by atoms with van der Waals surface area (Å²) in [6.07, 6.45) is 1.84. The maximum Gasteiger partial charge on any atom is 0.243 e. The van der Waals surface area contributed by atoms with Crippen molar-refractivity contribution in [2.45, 2.75) is 110 Å². The molecule has 368 valence electrons. The number of fused-ring (bicyclic) bond motifs is 3. The molecule has 6 aromatic rings. The Morgan fingerprint density at radius 2 is 1.79 bits per heavy atom. The number of hydrogen-bond acceptors (Lipinski definition) is 15. The Morgan fingerprint density at radius 1 is 1.00 bits per heavy atom. The number of hydrogen-bond donors (Lipinski definition) is 3. The molecule has 5 atom stereocenters. The maximum absolute atomic E-state index is 14.9. The van der Waals surface area contributed by atoms with E-state index in [0.717, 1.165) is 58.5 Å². The zero-order valence-electron chi connectivity index (χ0n) is 41.5. The number of aryl methyl sites for hydroxylation is 1. The molecule has 0 bridgehead atoms. The lowest BCUT2D eigenvalue weighted by molar-refractivity contribution is -0.141. The molecule has 18 heteroatoms. The molecule has 3 N–H and O–H groups in total. The molecular formula is C52H64N10O6SSi. The largest absolute Gasteiger partial charge is 0.507 e. The topological polar surface area (TPSA) is 184 Å². The van der Waals surface area contributed by atoms with E-state index in [9.17, 15) is 14.7 Å². The predicted molar refractivity (Wildman–Crippen MR) is 275 cm³/mol. The molecule has 70 heavy (non-hydrogen) atoms. The van der Waals surface area contributed by atoms with Crippen LogP contribution in [-0.4, -0.2) is 106 Å². The third-order valence-corrected chi connectivity index (χ3v) is 19.9. The van der Waals surface area contributed by atoms with Crippen molar-refractivity contribution in [3.05, 3.63) is 107 Å². The molecule has 16 nitrogen and oxygen atoms in total. The molecule has 0 spiro atoms. The Morgan fingerprint density at radius 3 is 2.51 bits per heavy atom. The maximum atomic E-state index is 14.9. The first-order valence-electron chi connectivity index (χ1n) is 24.2. The Kier molecular flexibility index (Phi) is 13.8. The normalized spacial score (nSPS) is 19.1. The minimum Gasteiger partial charge on any atom is -0.507 e. The van der Waals surface area contributed by atoms with Gasteiger partial charge >= 0.3 is 0 Å². The summed E-state index contributed by atoms with van der Waals surface area (Å²) < 4.78 is 19.0. The average Bonchev–Trinajstić information content (AvgIpc) is 4.10. The first kappa shape index (κ1) is 48.6. The summed E-state index contributed by atoms with van der Waals surface area (Å²) in [5.41, 5.74) is 8.62. The monoisotopic (exact) mass is 984 g/mol. The SMILES string of the molecule is Cc1ncsc1-c1ccc([C@H](C)NC(=O)[C@@H]2C[C@@H](O[Si](C)(C)C(C)(C)C)CN2C(=O)C(c2cc(COc3cc(N4CCN5c6cc(-c7ccccc7O)nnc6NCC5C4)ccn3)no2)C(C)C)cc1. The first-order chi connectivity index (χ1) is 33.4. The average molecular weight is 985 g/mol. The summed E-state index contributed by atoms with van der Waals surface area (Å²) in [7, 11) is -2.25. The van der Waals surface area contributed by atoms with Crippen LogP contribution in [0.5, 0.6) is 11.6 Å². The summed E-state index contributed by atoms with van der Waals surface area (Å²) in [5.74, 6) is 0.464. The second-order valence-electron chi connectivity index (χ2n) is 20.6. The summed E-state index contributed by atoms with van der Waals surface area (Å²) in [5, 5.41) is 30.3. The Labute approximate surface area is 415 Å². The summed E-state index contributed by atoms with van der Waals surface area (Å²) in [6, 6.07) is 22.2. The van der Waals surface area contributed by atoms with E-state index in [1.54, 1.807) is 40.6 Å². The van der Waals surface area contributed by atoms with Gasteiger partial charge in [-0.05, 0) is 73.3 Å². The number of benzene rings is 2. The van der Waals surface area contributed by atoms with Crippen molar-refractivity contribution in [3.8, 4) is 33.3 Å². The van der Waals surface area contributed by atoms with Gasteiger partial charge in [-0.2, -0.15) is 0 Å². The molecule has 7 heterocycles. The van der Waals surface area contributed by atoms with Crippen molar-refractivity contribution in [1.29, 1.82) is 0 Å². The van der Waals surface area contributed by atoms with E-state index in [0.29, 0.717) is 48.1 Å². The van der Waals surface area contributed by atoms with Gasteiger partial charge in [-0.25, -0.2) is 9.97 Å². The first-order valence-corrected chi connectivity index (χ1v) is 28.0. The highest BCUT2D eigenvalue weighted by Gasteiger charge is 2.48. The van der Waals surface area contributed by atoms with Crippen LogP contribution in [0.4, 0.5) is 17.2 Å². The molecule has 2 aromatic carbocycles. The van der Waals surface area contributed by atoms with E-state index in [1.165, 1.54) is 0 Å². The standard InChI is InChI=1S/C52H64N10O6SSi/c1-31(2)47(51(65)62-28-39(68-70(8,9)52(5,6)7)24-43(62)50(64)56-32(3)34-14-16-35(17-15-34)48-33(4)55-30-69-48)45-22-36(59-67-45)29-66-46-23-37(18-19-53-46)60-20-21-61-38(27-60)26-54-49-42(61)25-41(57-58-49)40-12-10-11-13-44(40)63/h10-19,22-23,25,30-32,38-39,43,47,63H,20-21,24,26-29H2,1-9H3,(H,54,58)(H,56,64)/t32-,38?,39+,43-,47?/m0/s1. The van der Waals surface area contributed by atoms with Crippen molar-refractivity contribution in [3.63, 3.8) is 0 Å².